The van der Waals surface area contributed by atoms with E-state index in [0.29, 0.717) is 23.8 Å². The zero-order valence-electron chi connectivity index (χ0n) is 13.7. The van der Waals surface area contributed by atoms with Crippen molar-refractivity contribution in [3.05, 3.63) is 59.7 Å². The molecular formula is C18H19N5O2. The van der Waals surface area contributed by atoms with Gasteiger partial charge in [0.1, 0.15) is 0 Å². The van der Waals surface area contributed by atoms with Crippen molar-refractivity contribution in [1.82, 2.24) is 24.5 Å². The third kappa shape index (κ3) is 3.36. The molecule has 0 radical (unpaired) electrons. The van der Waals surface area contributed by atoms with E-state index in [9.17, 15) is 4.79 Å². The Labute approximate surface area is 144 Å². The highest BCUT2D eigenvalue weighted by Gasteiger charge is 2.22. The van der Waals surface area contributed by atoms with E-state index < -0.39 is 5.97 Å². The second-order valence-electron chi connectivity index (χ2n) is 6.39. The van der Waals surface area contributed by atoms with Gasteiger partial charge in [-0.1, -0.05) is 12.1 Å². The van der Waals surface area contributed by atoms with Crippen LogP contribution in [0.5, 0.6) is 0 Å². The number of carboxylic acid groups (broad SMARTS) is 1. The smallest absolute Gasteiger partial charge is 0.335 e. The Kier molecular flexibility index (Phi) is 4.15. The fraction of sp³-hybridized carbons (Fsp3) is 0.333. The Bertz CT molecular complexity index is 857. The number of fused-ring (bicyclic) bond motifs is 1. The minimum atomic E-state index is -0.886. The molecule has 1 aliphatic heterocycles. The molecule has 0 unspecified atom stereocenters. The molecule has 4 rings (SSSR count). The lowest BCUT2D eigenvalue weighted by Gasteiger charge is -2.32. The molecule has 1 aromatic carbocycles. The third-order valence-electron chi connectivity index (χ3n) is 4.66. The lowest BCUT2D eigenvalue weighted by molar-refractivity contribution is 0.0697. The first kappa shape index (κ1) is 15.7. The van der Waals surface area contributed by atoms with Gasteiger partial charge in [-0.05, 0) is 49.1 Å². The molecule has 7 heteroatoms. The van der Waals surface area contributed by atoms with E-state index in [4.69, 9.17) is 5.11 Å². The van der Waals surface area contributed by atoms with Crippen LogP contribution in [0.2, 0.25) is 0 Å². The topological polar surface area (TPSA) is 83.6 Å². The van der Waals surface area contributed by atoms with Gasteiger partial charge < -0.3 is 5.11 Å². The zero-order valence-corrected chi connectivity index (χ0v) is 13.7. The SMILES string of the molecule is O=C(O)c1ccc([C@H]2CCCN(Cc3nc4ncccn4n3)C2)cc1. The number of aromatic nitrogens is 4. The second-order valence-corrected chi connectivity index (χ2v) is 6.39. The highest BCUT2D eigenvalue weighted by atomic mass is 16.4. The van der Waals surface area contributed by atoms with E-state index in [1.807, 2.05) is 24.4 Å². The Morgan fingerprint density at radius 2 is 2.12 bits per heavy atom. The van der Waals surface area contributed by atoms with Crippen LogP contribution in [-0.4, -0.2) is 48.6 Å². The fourth-order valence-electron chi connectivity index (χ4n) is 3.41. The molecule has 25 heavy (non-hydrogen) atoms. The summed E-state index contributed by atoms with van der Waals surface area (Å²) in [6.45, 7) is 2.65. The molecule has 2 aromatic heterocycles. The van der Waals surface area contributed by atoms with Gasteiger partial charge in [0.25, 0.3) is 5.78 Å². The number of likely N-dealkylation sites (tertiary alicyclic amines) is 1. The molecule has 128 valence electrons. The lowest BCUT2D eigenvalue weighted by Crippen LogP contribution is -2.34. The normalized spacial score (nSPS) is 18.5. The fourth-order valence-corrected chi connectivity index (χ4v) is 3.41. The molecule has 1 fully saturated rings. The van der Waals surface area contributed by atoms with E-state index in [2.05, 4.69) is 20.0 Å². The Morgan fingerprint density at radius 3 is 2.88 bits per heavy atom. The highest BCUT2D eigenvalue weighted by Crippen LogP contribution is 2.27. The standard InChI is InChI=1S/C18H19N5O2/c24-17(25)14-6-4-13(5-7-14)15-3-1-9-22(11-15)12-16-20-18-19-8-2-10-23(18)21-16/h2,4-8,10,15H,1,3,9,11-12H2,(H,24,25)/t15-/m0/s1. The van der Waals surface area contributed by atoms with E-state index in [0.717, 1.165) is 31.8 Å². The molecule has 1 aliphatic rings. The van der Waals surface area contributed by atoms with Gasteiger partial charge in [0.05, 0.1) is 12.1 Å². The first-order valence-electron chi connectivity index (χ1n) is 8.41. The molecule has 0 aliphatic carbocycles. The molecule has 1 atom stereocenters. The van der Waals surface area contributed by atoms with Crippen molar-refractivity contribution in [2.75, 3.05) is 13.1 Å². The zero-order chi connectivity index (χ0) is 17.2. The average molecular weight is 337 g/mol. The van der Waals surface area contributed by atoms with Crippen LogP contribution in [-0.2, 0) is 6.54 Å². The Balaban J connectivity index is 1.46. The van der Waals surface area contributed by atoms with Gasteiger partial charge >= 0.3 is 5.97 Å². The summed E-state index contributed by atoms with van der Waals surface area (Å²) in [5.74, 6) is 0.922. The van der Waals surface area contributed by atoms with Crippen molar-refractivity contribution in [3.63, 3.8) is 0 Å². The number of benzene rings is 1. The van der Waals surface area contributed by atoms with Crippen LogP contribution in [0.15, 0.2) is 42.7 Å². The van der Waals surface area contributed by atoms with Crippen molar-refractivity contribution in [3.8, 4) is 0 Å². The number of aromatic carboxylic acids is 1. The van der Waals surface area contributed by atoms with E-state index >= 15 is 0 Å². The molecule has 0 saturated carbocycles. The monoisotopic (exact) mass is 337 g/mol. The van der Waals surface area contributed by atoms with E-state index in [1.165, 1.54) is 5.56 Å². The number of carbonyl (C=O) groups is 1. The molecule has 1 saturated heterocycles. The van der Waals surface area contributed by atoms with Crippen molar-refractivity contribution >= 4 is 11.7 Å². The maximum Gasteiger partial charge on any atom is 0.335 e. The van der Waals surface area contributed by atoms with Crippen LogP contribution >= 0.6 is 0 Å². The maximum atomic E-state index is 11.0. The molecular weight excluding hydrogens is 318 g/mol. The van der Waals surface area contributed by atoms with Crippen molar-refractivity contribution in [1.29, 1.82) is 0 Å². The largest absolute Gasteiger partial charge is 0.478 e. The quantitative estimate of drug-likeness (QED) is 0.786. The van der Waals surface area contributed by atoms with Gasteiger partial charge in [0, 0.05) is 18.9 Å². The molecule has 0 amide bonds. The van der Waals surface area contributed by atoms with Gasteiger partial charge in [-0.25, -0.2) is 14.3 Å². The van der Waals surface area contributed by atoms with Gasteiger partial charge in [-0.2, -0.15) is 4.98 Å². The molecule has 3 heterocycles. The second kappa shape index (κ2) is 6.60. The van der Waals surface area contributed by atoms with Crippen LogP contribution in [0, 0.1) is 0 Å². The summed E-state index contributed by atoms with van der Waals surface area (Å²) < 4.78 is 1.70. The predicted molar refractivity (Wildman–Crippen MR) is 91.4 cm³/mol. The maximum absolute atomic E-state index is 11.0. The summed E-state index contributed by atoms with van der Waals surface area (Å²) in [6.07, 6.45) is 5.79. The van der Waals surface area contributed by atoms with Crippen molar-refractivity contribution in [2.45, 2.75) is 25.3 Å². The Morgan fingerprint density at radius 1 is 1.28 bits per heavy atom. The van der Waals surface area contributed by atoms with Crippen LogP contribution in [0.25, 0.3) is 5.78 Å². The highest BCUT2D eigenvalue weighted by molar-refractivity contribution is 5.87. The number of hydrogen-bond donors (Lipinski definition) is 1. The average Bonchev–Trinajstić information content (AvgIpc) is 3.04. The number of piperidine rings is 1. The first-order valence-corrected chi connectivity index (χ1v) is 8.41. The molecule has 7 nitrogen and oxygen atoms in total. The van der Waals surface area contributed by atoms with Crippen LogP contribution in [0.3, 0.4) is 0 Å². The molecule has 0 bridgehead atoms. The van der Waals surface area contributed by atoms with Crippen molar-refractivity contribution in [2.24, 2.45) is 0 Å². The van der Waals surface area contributed by atoms with Crippen molar-refractivity contribution < 1.29 is 9.90 Å². The molecule has 1 N–H and O–H groups in total. The van der Waals surface area contributed by atoms with Crippen LogP contribution < -0.4 is 0 Å². The Hall–Kier alpha value is -2.80. The minimum absolute atomic E-state index is 0.331. The molecule has 3 aromatic rings. The van der Waals surface area contributed by atoms with Gasteiger partial charge in [0.2, 0.25) is 0 Å². The van der Waals surface area contributed by atoms with Gasteiger partial charge in [-0.15, -0.1) is 5.10 Å². The number of carboxylic acids is 1. The van der Waals surface area contributed by atoms with E-state index in [-0.39, 0.29) is 0 Å². The first-order chi connectivity index (χ1) is 12.2. The summed E-state index contributed by atoms with van der Waals surface area (Å²) in [4.78, 5) is 22.0. The summed E-state index contributed by atoms with van der Waals surface area (Å²) in [7, 11) is 0. The summed E-state index contributed by atoms with van der Waals surface area (Å²) in [5.41, 5.74) is 1.53. The summed E-state index contributed by atoms with van der Waals surface area (Å²) in [5, 5.41) is 13.5. The predicted octanol–water partition coefficient (Wildman–Crippen LogP) is 2.20. The summed E-state index contributed by atoms with van der Waals surface area (Å²) >= 11 is 0. The minimum Gasteiger partial charge on any atom is -0.478 e. The van der Waals surface area contributed by atoms with Gasteiger partial charge in [-0.3, -0.25) is 4.90 Å². The van der Waals surface area contributed by atoms with E-state index in [1.54, 1.807) is 22.8 Å². The van der Waals surface area contributed by atoms with Crippen LogP contribution in [0.1, 0.15) is 40.5 Å². The van der Waals surface area contributed by atoms with Crippen LogP contribution in [0.4, 0.5) is 0 Å². The number of hydrogen-bond acceptors (Lipinski definition) is 5. The molecule has 0 spiro atoms. The third-order valence-corrected chi connectivity index (χ3v) is 4.66. The van der Waals surface area contributed by atoms with Gasteiger partial charge in [0.15, 0.2) is 5.82 Å². The lowest BCUT2D eigenvalue weighted by atomic mass is 9.90. The number of rotatable bonds is 4. The number of nitrogens with zero attached hydrogens (tertiary/aromatic N) is 5. The summed E-state index contributed by atoms with van der Waals surface area (Å²) in [6, 6.07) is 9.08.